The number of carbonyl (C=O) groups is 1. The molecule has 0 spiro atoms. The Morgan fingerprint density at radius 3 is 1.62 bits per heavy atom. The van der Waals surface area contributed by atoms with Crippen molar-refractivity contribution in [2.45, 2.75) is 49.1 Å². The molecule has 232 valence electrons. The highest BCUT2D eigenvalue weighted by atomic mass is 31.2. The molecule has 21 heteroatoms. The first-order chi connectivity index (χ1) is 17.0. The van der Waals surface area contributed by atoms with E-state index in [0.717, 1.165) is 0 Å². The molecule has 0 amide bonds. The number of hydrogen-bond acceptors (Lipinski definition) is 5. The molecule has 0 aromatic carbocycles. The molecule has 0 aliphatic heterocycles. The van der Waals surface area contributed by atoms with E-state index in [4.69, 9.17) is 4.74 Å². The van der Waals surface area contributed by atoms with E-state index < -0.39 is 69.2 Å². The zero-order chi connectivity index (χ0) is 31.5. The van der Waals surface area contributed by atoms with Gasteiger partial charge in [-0.05, 0) is 6.92 Å². The lowest BCUT2D eigenvalue weighted by molar-refractivity contribution is -0.890. The fourth-order valence-electron chi connectivity index (χ4n) is 2.31. The molecule has 0 rings (SSSR count). The van der Waals surface area contributed by atoms with Crippen LogP contribution < -0.4 is 0 Å². The molecule has 0 aliphatic rings. The van der Waals surface area contributed by atoms with Gasteiger partial charge in [0, 0.05) is 12.0 Å². The summed E-state index contributed by atoms with van der Waals surface area (Å²) in [5.41, 5.74) is 0.0991. The average Bonchev–Trinajstić information content (AvgIpc) is 2.71. The van der Waals surface area contributed by atoms with E-state index >= 15 is 0 Å². The van der Waals surface area contributed by atoms with Crippen molar-refractivity contribution < 1.29 is 89.6 Å². The van der Waals surface area contributed by atoms with Crippen LogP contribution in [0.1, 0.15) is 13.3 Å². The summed E-state index contributed by atoms with van der Waals surface area (Å²) in [5, 5.41) is 0. The van der Waals surface area contributed by atoms with Crippen LogP contribution in [0.3, 0.4) is 0 Å². The second kappa shape index (κ2) is 12.1. The van der Waals surface area contributed by atoms with Gasteiger partial charge in [-0.2, -0.15) is 57.1 Å². The molecule has 1 unspecified atom stereocenters. The summed E-state index contributed by atoms with van der Waals surface area (Å²) < 4.78 is 194. The number of phosphoric ester groups is 1. The quantitative estimate of drug-likeness (QED) is 0.0806. The first-order valence-corrected chi connectivity index (χ1v) is 11.7. The van der Waals surface area contributed by atoms with Crippen molar-refractivity contribution in [1.82, 2.24) is 0 Å². The van der Waals surface area contributed by atoms with Gasteiger partial charge < -0.3 is 14.1 Å². The topological polar surface area (TPSA) is 82.1 Å². The van der Waals surface area contributed by atoms with Gasteiger partial charge in [0.05, 0.1) is 20.7 Å². The second-order valence-corrected chi connectivity index (χ2v) is 10.1. The normalized spacial score (nSPS) is 16.1. The van der Waals surface area contributed by atoms with Gasteiger partial charge in [-0.3, -0.25) is 9.05 Å². The predicted molar refractivity (Wildman–Crippen MR) is 105 cm³/mol. The Kier molecular flexibility index (Phi) is 11.6. The van der Waals surface area contributed by atoms with Gasteiger partial charge >= 0.3 is 49.6 Å². The molecule has 39 heavy (non-hydrogen) atoms. The number of carbonyl (C=O) groups excluding carboxylic acids is 1. The Morgan fingerprint density at radius 2 is 1.18 bits per heavy atom. The number of ether oxygens (including phenoxy) is 1. The fourth-order valence-corrected chi connectivity index (χ4v) is 3.02. The molecule has 0 heterocycles. The largest absolute Gasteiger partial charge is 0.472 e. The smallest absolute Gasteiger partial charge is 0.456 e. The number of rotatable bonds is 16. The maximum Gasteiger partial charge on any atom is 0.472 e. The van der Waals surface area contributed by atoms with Gasteiger partial charge in [-0.15, -0.1) is 0 Å². The monoisotopic (exact) mass is 628 g/mol. The minimum atomic E-state index is -8.05. The standard InChI is InChI=1S/C18H23F13NO6P/c1-11(2)12(33)36-9-6-32(3,4)7-10-38-39(34,35)37-8-5-13(19,20)14(21,22)15(23,24)16(25,26)17(27,28)18(29,30)31/h1,5-10H2,2-4H3/p+1. The molecule has 0 aromatic rings. The maximum atomic E-state index is 13.7. The second-order valence-electron chi connectivity index (χ2n) is 8.68. The molecule has 0 saturated carbocycles. The van der Waals surface area contributed by atoms with Gasteiger partial charge in [-0.1, -0.05) is 6.58 Å². The molecule has 1 atom stereocenters. The number of likely N-dealkylation sites (N-methyl/N-ethyl adjacent to an activating group) is 1. The first kappa shape index (κ1) is 37.4. The van der Waals surface area contributed by atoms with Crippen molar-refractivity contribution in [3.63, 3.8) is 0 Å². The number of phosphoric acid groups is 1. The molecule has 0 fully saturated rings. The number of nitrogens with zero attached hydrogens (tertiary/aromatic N) is 1. The van der Waals surface area contributed by atoms with Crippen molar-refractivity contribution in [1.29, 1.82) is 0 Å². The minimum absolute atomic E-state index is 0.0559. The SMILES string of the molecule is C=C(C)C(=O)OCC[N+](C)(C)CCOP(=O)(O)OCCC(F)(F)C(F)(F)C(F)(F)C(F)(F)C(F)(F)C(F)(F)F. The zero-order valence-electron chi connectivity index (χ0n) is 20.2. The highest BCUT2D eigenvalue weighted by Gasteiger charge is 2.90. The fraction of sp³-hybridized carbons (Fsp3) is 0.833. The van der Waals surface area contributed by atoms with E-state index in [9.17, 15) is 71.3 Å². The molecule has 0 saturated heterocycles. The third kappa shape index (κ3) is 8.68. The zero-order valence-corrected chi connectivity index (χ0v) is 21.1. The molecule has 0 radical (unpaired) electrons. The third-order valence-corrected chi connectivity index (χ3v) is 5.92. The van der Waals surface area contributed by atoms with Crippen LogP contribution in [0.15, 0.2) is 12.2 Å². The van der Waals surface area contributed by atoms with Crippen molar-refractivity contribution in [2.24, 2.45) is 0 Å². The highest BCUT2D eigenvalue weighted by molar-refractivity contribution is 7.47. The number of quaternary nitrogens is 1. The number of halogens is 13. The van der Waals surface area contributed by atoms with Crippen LogP contribution in [0, 0.1) is 0 Å². The van der Waals surface area contributed by atoms with Crippen molar-refractivity contribution >= 4 is 13.8 Å². The van der Waals surface area contributed by atoms with Gasteiger partial charge in [0.25, 0.3) is 0 Å². The van der Waals surface area contributed by atoms with E-state index in [2.05, 4.69) is 15.6 Å². The average molecular weight is 628 g/mol. The molecule has 0 bridgehead atoms. The summed E-state index contributed by atoms with van der Waals surface area (Å²) >= 11 is 0. The third-order valence-electron chi connectivity index (χ3n) is 4.90. The van der Waals surface area contributed by atoms with Crippen LogP contribution in [0.4, 0.5) is 57.1 Å². The molecular formula is C18H24F13NO6P+. The summed E-state index contributed by atoms with van der Waals surface area (Å²) in [4.78, 5) is 20.7. The van der Waals surface area contributed by atoms with Gasteiger partial charge in [-0.25, -0.2) is 9.36 Å². The lowest BCUT2D eigenvalue weighted by Gasteiger charge is -2.39. The lowest BCUT2D eigenvalue weighted by atomic mass is 9.93. The Hall–Kier alpha value is -1.63. The van der Waals surface area contributed by atoms with Crippen LogP contribution in [0.5, 0.6) is 0 Å². The van der Waals surface area contributed by atoms with Gasteiger partial charge in [0.15, 0.2) is 0 Å². The summed E-state index contributed by atoms with van der Waals surface area (Å²) in [5.74, 6) is -38.6. The molecule has 7 nitrogen and oxygen atoms in total. The van der Waals surface area contributed by atoms with Crippen molar-refractivity contribution in [3.05, 3.63) is 12.2 Å². The van der Waals surface area contributed by atoms with Crippen LogP contribution >= 0.6 is 7.82 Å². The first-order valence-electron chi connectivity index (χ1n) is 10.2. The lowest BCUT2D eigenvalue weighted by Crippen LogP contribution is -2.70. The van der Waals surface area contributed by atoms with E-state index in [1.54, 1.807) is 0 Å². The Bertz CT molecular complexity index is 924. The minimum Gasteiger partial charge on any atom is -0.456 e. The van der Waals surface area contributed by atoms with Crippen LogP contribution in [-0.4, -0.2) is 98.1 Å². The summed E-state index contributed by atoms with van der Waals surface area (Å²) in [6, 6.07) is 0. The van der Waals surface area contributed by atoms with Crippen LogP contribution in [0.25, 0.3) is 0 Å². The summed E-state index contributed by atoms with van der Waals surface area (Å²) in [7, 11) is -2.38. The van der Waals surface area contributed by atoms with Crippen LogP contribution in [-0.2, 0) is 23.1 Å². The highest BCUT2D eigenvalue weighted by Crippen LogP contribution is 2.60. The molecular weight excluding hydrogens is 604 g/mol. The van der Waals surface area contributed by atoms with E-state index in [1.165, 1.54) is 21.0 Å². The summed E-state index contributed by atoms with van der Waals surface area (Å²) in [6.45, 7) is 1.73. The molecule has 0 aliphatic carbocycles. The van der Waals surface area contributed by atoms with E-state index in [0.29, 0.717) is 0 Å². The number of esters is 1. The molecule has 0 aromatic heterocycles. The Morgan fingerprint density at radius 1 is 0.769 bits per heavy atom. The maximum absolute atomic E-state index is 13.7. The molecule has 1 N–H and O–H groups in total. The number of hydrogen-bond donors (Lipinski definition) is 1. The van der Waals surface area contributed by atoms with Gasteiger partial charge in [0.2, 0.25) is 0 Å². The van der Waals surface area contributed by atoms with E-state index in [1.807, 2.05) is 0 Å². The Labute approximate surface area is 212 Å². The van der Waals surface area contributed by atoms with Crippen molar-refractivity contribution in [3.8, 4) is 0 Å². The Balaban J connectivity index is 5.20. The number of alkyl halides is 13. The predicted octanol–water partition coefficient (Wildman–Crippen LogP) is 5.44. The van der Waals surface area contributed by atoms with Crippen molar-refractivity contribution in [2.75, 3.05) is 47.0 Å². The van der Waals surface area contributed by atoms with Crippen LogP contribution in [0.2, 0.25) is 0 Å². The van der Waals surface area contributed by atoms with E-state index in [-0.39, 0.29) is 29.8 Å². The van der Waals surface area contributed by atoms with Gasteiger partial charge in [0.1, 0.15) is 26.3 Å². The summed E-state index contributed by atoms with van der Waals surface area (Å²) in [6.07, 6.45) is -10.3.